The first-order valence-electron chi connectivity index (χ1n) is 6.02. The lowest BCUT2D eigenvalue weighted by atomic mass is 9.85. The number of pyridine rings is 1. The Hall–Kier alpha value is -1.08. The molecule has 2 heteroatoms. The van der Waals surface area contributed by atoms with Gasteiger partial charge in [-0.25, -0.2) is 4.98 Å². The van der Waals surface area contributed by atoms with Gasteiger partial charge in [0.1, 0.15) is 5.15 Å². The number of aryl methyl sites for hydroxylation is 1. The zero-order valence-electron chi connectivity index (χ0n) is 10.8. The summed E-state index contributed by atoms with van der Waals surface area (Å²) in [7, 11) is 0. The third-order valence-electron chi connectivity index (χ3n) is 3.06. The fourth-order valence-electron chi connectivity index (χ4n) is 2.07. The summed E-state index contributed by atoms with van der Waals surface area (Å²) >= 11 is 6.21. The first-order valence-corrected chi connectivity index (χ1v) is 6.40. The predicted octanol–water partition coefficient (Wildman–Crippen LogP) is 4.75. The summed E-state index contributed by atoms with van der Waals surface area (Å²) in [6.45, 7) is 8.70. The quantitative estimate of drug-likeness (QED) is 0.663. The zero-order valence-corrected chi connectivity index (χ0v) is 11.6. The molecule has 1 aromatic carbocycles. The van der Waals surface area contributed by atoms with Gasteiger partial charge in [-0.05, 0) is 29.0 Å². The van der Waals surface area contributed by atoms with Crippen LogP contribution in [-0.4, -0.2) is 4.98 Å². The molecule has 17 heavy (non-hydrogen) atoms. The van der Waals surface area contributed by atoms with Gasteiger partial charge < -0.3 is 0 Å². The van der Waals surface area contributed by atoms with Gasteiger partial charge in [0, 0.05) is 5.39 Å². The van der Waals surface area contributed by atoms with Crippen molar-refractivity contribution in [1.82, 2.24) is 4.98 Å². The highest BCUT2D eigenvalue weighted by Gasteiger charge is 2.18. The van der Waals surface area contributed by atoms with E-state index in [1.165, 1.54) is 10.9 Å². The topological polar surface area (TPSA) is 12.9 Å². The average Bonchev–Trinajstić information content (AvgIpc) is 2.26. The maximum absolute atomic E-state index is 6.21. The lowest BCUT2D eigenvalue weighted by Crippen LogP contribution is -2.12. The van der Waals surface area contributed by atoms with E-state index in [9.17, 15) is 0 Å². The van der Waals surface area contributed by atoms with E-state index in [-0.39, 0.29) is 5.41 Å². The fraction of sp³-hybridized carbons (Fsp3) is 0.400. The smallest absolute Gasteiger partial charge is 0.132 e. The standard InChI is InChI=1S/C15H18ClN/c1-5-10-9-11-7-6-8-12(15(2,3)4)13(11)17-14(10)16/h6-9H,5H2,1-4H3. The molecule has 1 nitrogen and oxygen atoms in total. The van der Waals surface area contributed by atoms with Gasteiger partial charge in [-0.3, -0.25) is 0 Å². The number of nitrogens with zero attached hydrogens (tertiary/aromatic N) is 1. The Labute approximate surface area is 108 Å². The summed E-state index contributed by atoms with van der Waals surface area (Å²) in [6.07, 6.45) is 0.918. The SMILES string of the molecule is CCc1cc2cccc(C(C)(C)C)c2nc1Cl. The summed E-state index contributed by atoms with van der Waals surface area (Å²) in [5.41, 5.74) is 3.48. The van der Waals surface area contributed by atoms with Crippen LogP contribution in [0.2, 0.25) is 5.15 Å². The molecule has 2 aromatic rings. The number of halogens is 1. The summed E-state index contributed by atoms with van der Waals surface area (Å²) in [6, 6.07) is 8.49. The van der Waals surface area contributed by atoms with Crippen LogP contribution < -0.4 is 0 Å². The van der Waals surface area contributed by atoms with Crippen molar-refractivity contribution in [2.45, 2.75) is 39.5 Å². The number of para-hydroxylation sites is 1. The monoisotopic (exact) mass is 247 g/mol. The van der Waals surface area contributed by atoms with Crippen molar-refractivity contribution in [3.05, 3.63) is 40.5 Å². The minimum Gasteiger partial charge on any atom is -0.236 e. The van der Waals surface area contributed by atoms with Crippen LogP contribution in [0.4, 0.5) is 0 Å². The molecule has 0 amide bonds. The number of hydrogen-bond donors (Lipinski definition) is 0. The molecule has 0 unspecified atom stereocenters. The van der Waals surface area contributed by atoms with E-state index in [4.69, 9.17) is 11.6 Å². The van der Waals surface area contributed by atoms with E-state index >= 15 is 0 Å². The lowest BCUT2D eigenvalue weighted by molar-refractivity contribution is 0.594. The minimum absolute atomic E-state index is 0.0869. The number of rotatable bonds is 1. The molecule has 2 rings (SSSR count). The summed E-state index contributed by atoms with van der Waals surface area (Å²) in [5.74, 6) is 0. The van der Waals surface area contributed by atoms with Crippen molar-refractivity contribution in [3.8, 4) is 0 Å². The van der Waals surface area contributed by atoms with Crippen LogP contribution in [0.1, 0.15) is 38.8 Å². The number of fused-ring (bicyclic) bond motifs is 1. The van der Waals surface area contributed by atoms with Crippen LogP contribution in [-0.2, 0) is 11.8 Å². The van der Waals surface area contributed by atoms with Gasteiger partial charge in [-0.2, -0.15) is 0 Å². The molecule has 90 valence electrons. The summed E-state index contributed by atoms with van der Waals surface area (Å²) < 4.78 is 0. The van der Waals surface area contributed by atoms with E-state index < -0.39 is 0 Å². The van der Waals surface area contributed by atoms with Crippen molar-refractivity contribution in [1.29, 1.82) is 0 Å². The third kappa shape index (κ3) is 2.30. The predicted molar refractivity (Wildman–Crippen MR) is 74.8 cm³/mol. The molecular formula is C15H18ClN. The van der Waals surface area contributed by atoms with Crippen LogP contribution in [0.25, 0.3) is 10.9 Å². The van der Waals surface area contributed by atoms with Crippen LogP contribution in [0.5, 0.6) is 0 Å². The van der Waals surface area contributed by atoms with Gasteiger partial charge in [0.25, 0.3) is 0 Å². The first kappa shape index (κ1) is 12.4. The van der Waals surface area contributed by atoms with Crippen LogP contribution in [0, 0.1) is 0 Å². The van der Waals surface area contributed by atoms with E-state index in [1.54, 1.807) is 0 Å². The number of hydrogen-bond acceptors (Lipinski definition) is 1. The third-order valence-corrected chi connectivity index (χ3v) is 3.39. The van der Waals surface area contributed by atoms with Crippen molar-refractivity contribution in [2.75, 3.05) is 0 Å². The van der Waals surface area contributed by atoms with Gasteiger partial charge in [-0.15, -0.1) is 0 Å². The molecule has 0 atom stereocenters. The average molecular weight is 248 g/mol. The molecule has 1 aromatic heterocycles. The second kappa shape index (κ2) is 4.30. The molecule has 0 aliphatic heterocycles. The molecule has 0 spiro atoms. The number of aromatic nitrogens is 1. The second-order valence-electron chi connectivity index (χ2n) is 5.42. The molecule has 0 aliphatic rings. The molecule has 1 heterocycles. The van der Waals surface area contributed by atoms with Crippen LogP contribution in [0.3, 0.4) is 0 Å². The maximum atomic E-state index is 6.21. The molecule has 0 fully saturated rings. The Kier molecular flexibility index (Phi) is 3.13. The van der Waals surface area contributed by atoms with Gasteiger partial charge in [0.05, 0.1) is 5.52 Å². The van der Waals surface area contributed by atoms with Crippen molar-refractivity contribution < 1.29 is 0 Å². The highest BCUT2D eigenvalue weighted by atomic mass is 35.5. The Morgan fingerprint density at radius 3 is 2.53 bits per heavy atom. The molecule has 0 bridgehead atoms. The minimum atomic E-state index is 0.0869. The first-order chi connectivity index (χ1) is 7.93. The summed E-state index contributed by atoms with van der Waals surface area (Å²) in [5, 5.41) is 1.82. The fourth-order valence-corrected chi connectivity index (χ4v) is 2.35. The number of benzene rings is 1. The molecule has 0 aliphatic carbocycles. The molecule has 0 saturated carbocycles. The molecule has 0 saturated heterocycles. The van der Waals surface area contributed by atoms with E-state index in [0.29, 0.717) is 5.15 Å². The zero-order chi connectivity index (χ0) is 12.6. The Morgan fingerprint density at radius 1 is 1.24 bits per heavy atom. The van der Waals surface area contributed by atoms with E-state index in [0.717, 1.165) is 17.5 Å². The van der Waals surface area contributed by atoms with Gasteiger partial charge in [0.2, 0.25) is 0 Å². The van der Waals surface area contributed by atoms with E-state index in [2.05, 4.69) is 56.9 Å². The molecular weight excluding hydrogens is 230 g/mol. The lowest BCUT2D eigenvalue weighted by Gasteiger charge is -2.21. The maximum Gasteiger partial charge on any atom is 0.132 e. The van der Waals surface area contributed by atoms with Gasteiger partial charge in [-0.1, -0.05) is 57.5 Å². The van der Waals surface area contributed by atoms with Crippen molar-refractivity contribution >= 4 is 22.5 Å². The normalized spacial score (nSPS) is 12.1. The Morgan fingerprint density at radius 2 is 1.94 bits per heavy atom. The summed E-state index contributed by atoms with van der Waals surface area (Å²) in [4.78, 5) is 4.58. The van der Waals surface area contributed by atoms with Gasteiger partial charge in [0.15, 0.2) is 0 Å². The largest absolute Gasteiger partial charge is 0.236 e. The highest BCUT2D eigenvalue weighted by molar-refractivity contribution is 6.30. The molecule has 0 N–H and O–H groups in total. The second-order valence-corrected chi connectivity index (χ2v) is 5.78. The van der Waals surface area contributed by atoms with E-state index in [1.807, 2.05) is 0 Å². The van der Waals surface area contributed by atoms with Crippen molar-refractivity contribution in [2.24, 2.45) is 0 Å². The Balaban J connectivity index is 2.78. The highest BCUT2D eigenvalue weighted by Crippen LogP contribution is 2.30. The van der Waals surface area contributed by atoms with Crippen LogP contribution >= 0.6 is 11.6 Å². The van der Waals surface area contributed by atoms with Gasteiger partial charge >= 0.3 is 0 Å². The van der Waals surface area contributed by atoms with Crippen LogP contribution in [0.15, 0.2) is 24.3 Å². The van der Waals surface area contributed by atoms with Crippen molar-refractivity contribution in [3.63, 3.8) is 0 Å². The Bertz CT molecular complexity index is 553. The molecule has 0 radical (unpaired) electrons.